The molecule has 0 aromatic carbocycles. The summed E-state index contributed by atoms with van der Waals surface area (Å²) in [6.45, 7) is 3.56. The fourth-order valence-electron chi connectivity index (χ4n) is 1.89. The van der Waals surface area contributed by atoms with Crippen LogP contribution in [-0.4, -0.2) is 52.5 Å². The summed E-state index contributed by atoms with van der Waals surface area (Å²) in [5.41, 5.74) is 0.852. The lowest BCUT2D eigenvalue weighted by Gasteiger charge is -2.33. The fraction of sp³-hybridized carbons (Fsp3) is 0.500. The highest BCUT2D eigenvalue weighted by molar-refractivity contribution is 7.96. The summed E-state index contributed by atoms with van der Waals surface area (Å²) < 4.78 is 2.28. The van der Waals surface area contributed by atoms with E-state index < -0.39 is 0 Å². The molecule has 2 rings (SSSR count). The van der Waals surface area contributed by atoms with E-state index >= 15 is 0 Å². The van der Waals surface area contributed by atoms with E-state index in [-0.39, 0.29) is 5.91 Å². The van der Waals surface area contributed by atoms with Gasteiger partial charge in [-0.3, -0.25) is 9.78 Å². The second-order valence-electron chi connectivity index (χ2n) is 3.99. The Hall–Kier alpha value is -1.07. The maximum absolute atomic E-state index is 12.0. The van der Waals surface area contributed by atoms with Gasteiger partial charge in [-0.25, -0.2) is 4.31 Å². The van der Waals surface area contributed by atoms with Crippen molar-refractivity contribution < 1.29 is 4.79 Å². The van der Waals surface area contributed by atoms with Crippen molar-refractivity contribution in [3.05, 3.63) is 30.1 Å². The van der Waals surface area contributed by atoms with Crippen molar-refractivity contribution in [1.29, 1.82) is 0 Å². The predicted octanol–water partition coefficient (Wildman–Crippen LogP) is 1.05. The van der Waals surface area contributed by atoms with Gasteiger partial charge in [0.2, 0.25) is 5.91 Å². The summed E-state index contributed by atoms with van der Waals surface area (Å²) in [6, 6.07) is 5.68. The van der Waals surface area contributed by atoms with E-state index in [9.17, 15) is 4.79 Å². The molecule has 1 aromatic heterocycles. The minimum Gasteiger partial charge on any atom is -0.340 e. The van der Waals surface area contributed by atoms with E-state index in [2.05, 4.69) is 15.5 Å². The van der Waals surface area contributed by atoms with E-state index in [1.807, 2.05) is 23.1 Å². The molecule has 4 nitrogen and oxygen atoms in total. The number of rotatable bonds is 3. The Morgan fingerprint density at radius 3 is 2.71 bits per heavy atom. The van der Waals surface area contributed by atoms with Gasteiger partial charge in [0.05, 0.1) is 6.42 Å². The Labute approximate surface area is 106 Å². The summed E-state index contributed by atoms with van der Waals surface area (Å²) in [4.78, 5) is 18.1. The first-order chi connectivity index (χ1) is 8.29. The fourth-order valence-corrected chi connectivity index (χ4v) is 2.42. The highest BCUT2D eigenvalue weighted by Gasteiger charge is 2.20. The van der Waals surface area contributed by atoms with Crippen LogP contribution in [0.4, 0.5) is 0 Å². The molecule has 1 aliphatic rings. The monoisotopic (exact) mass is 251 g/mol. The van der Waals surface area contributed by atoms with Crippen molar-refractivity contribution in [3.8, 4) is 0 Å². The SMILES string of the molecule is CSN1CCN(C(=O)Cc2ccccn2)CC1. The first-order valence-electron chi connectivity index (χ1n) is 5.76. The van der Waals surface area contributed by atoms with Crippen LogP contribution < -0.4 is 0 Å². The van der Waals surface area contributed by atoms with Gasteiger partial charge in [-0.15, -0.1) is 0 Å². The van der Waals surface area contributed by atoms with Crippen molar-refractivity contribution in [2.75, 3.05) is 32.4 Å². The molecule has 2 heterocycles. The zero-order valence-electron chi connectivity index (χ0n) is 10.0. The molecule has 0 saturated carbocycles. The third-order valence-electron chi connectivity index (χ3n) is 2.91. The number of nitrogens with zero attached hydrogens (tertiary/aromatic N) is 3. The van der Waals surface area contributed by atoms with Crippen LogP contribution in [0.1, 0.15) is 5.69 Å². The summed E-state index contributed by atoms with van der Waals surface area (Å²) in [5.74, 6) is 0.185. The van der Waals surface area contributed by atoms with E-state index in [0.717, 1.165) is 31.9 Å². The lowest BCUT2D eigenvalue weighted by molar-refractivity contribution is -0.131. The standard InChI is InChI=1S/C12H17N3OS/c1-17-15-8-6-14(7-9-15)12(16)10-11-4-2-3-5-13-11/h2-5H,6-10H2,1H3. The molecule has 1 aromatic rings. The molecular formula is C12H17N3OS. The molecule has 1 aliphatic heterocycles. The van der Waals surface area contributed by atoms with Crippen LogP contribution in [0.15, 0.2) is 24.4 Å². The van der Waals surface area contributed by atoms with Gasteiger partial charge in [-0.05, 0) is 18.4 Å². The van der Waals surface area contributed by atoms with Gasteiger partial charge in [0, 0.05) is 38.1 Å². The van der Waals surface area contributed by atoms with Crippen LogP contribution in [0.5, 0.6) is 0 Å². The van der Waals surface area contributed by atoms with Crippen molar-refractivity contribution in [3.63, 3.8) is 0 Å². The molecule has 5 heteroatoms. The number of carbonyl (C=O) groups is 1. The van der Waals surface area contributed by atoms with Gasteiger partial charge in [-0.1, -0.05) is 18.0 Å². The molecule has 1 saturated heterocycles. The average molecular weight is 251 g/mol. The Morgan fingerprint density at radius 2 is 2.12 bits per heavy atom. The third kappa shape index (κ3) is 3.44. The van der Waals surface area contributed by atoms with Crippen molar-refractivity contribution >= 4 is 17.9 Å². The molecule has 0 spiro atoms. The molecule has 1 amide bonds. The largest absolute Gasteiger partial charge is 0.340 e. The van der Waals surface area contributed by atoms with Crippen molar-refractivity contribution in [1.82, 2.24) is 14.2 Å². The molecule has 0 aliphatic carbocycles. The highest BCUT2D eigenvalue weighted by atomic mass is 32.2. The van der Waals surface area contributed by atoms with Gasteiger partial charge in [0.15, 0.2) is 0 Å². The van der Waals surface area contributed by atoms with E-state index in [1.165, 1.54) is 0 Å². The lowest BCUT2D eigenvalue weighted by atomic mass is 10.2. The van der Waals surface area contributed by atoms with Gasteiger partial charge in [0.25, 0.3) is 0 Å². The molecule has 92 valence electrons. The van der Waals surface area contributed by atoms with Gasteiger partial charge in [0.1, 0.15) is 0 Å². The van der Waals surface area contributed by atoms with Gasteiger partial charge in [-0.2, -0.15) is 0 Å². The molecule has 0 N–H and O–H groups in total. The number of carbonyl (C=O) groups excluding carboxylic acids is 1. The Morgan fingerprint density at radius 1 is 1.35 bits per heavy atom. The zero-order valence-corrected chi connectivity index (χ0v) is 10.8. The van der Waals surface area contributed by atoms with Gasteiger partial charge < -0.3 is 4.90 Å². The van der Waals surface area contributed by atoms with Crippen LogP contribution in [0, 0.1) is 0 Å². The van der Waals surface area contributed by atoms with E-state index in [4.69, 9.17) is 0 Å². The van der Waals surface area contributed by atoms with Gasteiger partial charge >= 0.3 is 0 Å². The van der Waals surface area contributed by atoms with Crippen LogP contribution >= 0.6 is 11.9 Å². The number of hydrogen-bond donors (Lipinski definition) is 0. The summed E-state index contributed by atoms with van der Waals surface area (Å²) in [5, 5.41) is 0. The quantitative estimate of drug-likeness (QED) is 0.752. The molecule has 0 bridgehead atoms. The minimum atomic E-state index is 0.185. The number of amides is 1. The first kappa shape index (κ1) is 12.4. The molecule has 0 radical (unpaired) electrons. The van der Waals surface area contributed by atoms with Crippen LogP contribution in [-0.2, 0) is 11.2 Å². The van der Waals surface area contributed by atoms with Crippen molar-refractivity contribution in [2.45, 2.75) is 6.42 Å². The topological polar surface area (TPSA) is 36.4 Å². The maximum atomic E-state index is 12.0. The molecular weight excluding hydrogens is 234 g/mol. The number of hydrogen-bond acceptors (Lipinski definition) is 4. The second kappa shape index (κ2) is 6.02. The normalized spacial score (nSPS) is 17.1. The van der Waals surface area contributed by atoms with Crippen LogP contribution in [0.25, 0.3) is 0 Å². The van der Waals surface area contributed by atoms with Crippen molar-refractivity contribution in [2.24, 2.45) is 0 Å². The molecule has 0 atom stereocenters. The smallest absolute Gasteiger partial charge is 0.228 e. The summed E-state index contributed by atoms with van der Waals surface area (Å²) >= 11 is 1.75. The Balaban J connectivity index is 1.85. The lowest BCUT2D eigenvalue weighted by Crippen LogP contribution is -2.46. The Kier molecular flexibility index (Phi) is 4.39. The van der Waals surface area contributed by atoms with E-state index in [0.29, 0.717) is 6.42 Å². The zero-order chi connectivity index (χ0) is 12.1. The predicted molar refractivity (Wildman–Crippen MR) is 69.6 cm³/mol. The summed E-state index contributed by atoms with van der Waals surface area (Å²) in [6.07, 6.45) is 4.22. The maximum Gasteiger partial charge on any atom is 0.228 e. The average Bonchev–Trinajstić information content (AvgIpc) is 2.40. The number of piperazine rings is 1. The number of aromatic nitrogens is 1. The third-order valence-corrected chi connectivity index (χ3v) is 3.79. The molecule has 17 heavy (non-hydrogen) atoms. The van der Waals surface area contributed by atoms with Crippen LogP contribution in [0.3, 0.4) is 0 Å². The second-order valence-corrected chi connectivity index (χ2v) is 4.87. The highest BCUT2D eigenvalue weighted by Crippen LogP contribution is 2.11. The first-order valence-corrected chi connectivity index (χ1v) is 6.94. The number of pyridine rings is 1. The molecule has 0 unspecified atom stereocenters. The van der Waals surface area contributed by atoms with Crippen LogP contribution in [0.2, 0.25) is 0 Å². The summed E-state index contributed by atoms with van der Waals surface area (Å²) in [7, 11) is 0. The molecule has 1 fully saturated rings. The Bertz CT molecular complexity index is 363. The minimum absolute atomic E-state index is 0.185. The van der Waals surface area contributed by atoms with E-state index in [1.54, 1.807) is 18.1 Å².